The molecule has 0 radical (unpaired) electrons. The Morgan fingerprint density at radius 2 is 1.79 bits per heavy atom. The van der Waals surface area contributed by atoms with E-state index in [1.807, 2.05) is 0 Å². The van der Waals surface area contributed by atoms with Crippen LogP contribution in [0.25, 0.3) is 0 Å². The molecule has 0 aliphatic heterocycles. The quantitative estimate of drug-likeness (QED) is 0.609. The van der Waals surface area contributed by atoms with E-state index in [9.17, 15) is 9.59 Å². The molecular weight excluding hydrogens is 196 g/mol. The van der Waals surface area contributed by atoms with E-state index in [-0.39, 0.29) is 17.3 Å². The molecule has 0 unspecified atom stereocenters. The molecule has 0 saturated carbocycles. The van der Waals surface area contributed by atoms with Gasteiger partial charge in [-0.05, 0) is 6.07 Å². The number of hydrogen-bond acceptors (Lipinski definition) is 3. The first-order chi connectivity index (χ1) is 6.69. The molecule has 1 aromatic carbocycles. The zero-order chi connectivity index (χ0) is 10.6. The third-order valence-corrected chi connectivity index (χ3v) is 2.26. The highest BCUT2D eigenvalue weighted by molar-refractivity contribution is 7.81. The van der Waals surface area contributed by atoms with Crippen molar-refractivity contribution in [3.63, 3.8) is 0 Å². The maximum atomic E-state index is 11.3. The second kappa shape index (κ2) is 4.96. The summed E-state index contributed by atoms with van der Waals surface area (Å²) in [6.07, 6.45) is 0.457. The molecule has 0 atom stereocenters. The third kappa shape index (κ3) is 2.45. The van der Waals surface area contributed by atoms with E-state index in [1.54, 1.807) is 31.2 Å². The van der Waals surface area contributed by atoms with Gasteiger partial charge in [-0.15, -0.1) is 0 Å². The Hall–Kier alpha value is -1.09. The molecule has 0 fully saturated rings. The van der Waals surface area contributed by atoms with Gasteiger partial charge in [-0.3, -0.25) is 9.59 Å². The van der Waals surface area contributed by atoms with Gasteiger partial charge in [0.25, 0.3) is 0 Å². The van der Waals surface area contributed by atoms with E-state index in [2.05, 4.69) is 12.6 Å². The van der Waals surface area contributed by atoms with Gasteiger partial charge >= 0.3 is 0 Å². The number of hydrogen-bond donors (Lipinski definition) is 1. The summed E-state index contributed by atoms with van der Waals surface area (Å²) in [6.45, 7) is 1.80. The molecule has 14 heavy (non-hydrogen) atoms. The number of ketones is 2. The fourth-order valence-corrected chi connectivity index (χ4v) is 1.34. The number of rotatable bonds is 4. The monoisotopic (exact) mass is 208 g/mol. The zero-order valence-electron chi connectivity index (χ0n) is 7.99. The molecule has 0 N–H and O–H groups in total. The minimum atomic E-state index is -0.0564. The van der Waals surface area contributed by atoms with Crippen molar-refractivity contribution in [2.75, 3.05) is 5.75 Å². The van der Waals surface area contributed by atoms with Crippen LogP contribution in [0.15, 0.2) is 24.3 Å². The molecule has 74 valence electrons. The van der Waals surface area contributed by atoms with Crippen molar-refractivity contribution in [3.05, 3.63) is 35.4 Å². The van der Waals surface area contributed by atoms with Crippen LogP contribution in [0.2, 0.25) is 0 Å². The van der Waals surface area contributed by atoms with Gasteiger partial charge < -0.3 is 0 Å². The zero-order valence-corrected chi connectivity index (χ0v) is 8.88. The van der Waals surface area contributed by atoms with Gasteiger partial charge in [0.1, 0.15) is 0 Å². The van der Waals surface area contributed by atoms with Crippen molar-refractivity contribution in [1.82, 2.24) is 0 Å². The summed E-state index contributed by atoms with van der Waals surface area (Å²) in [7, 11) is 0. The summed E-state index contributed by atoms with van der Waals surface area (Å²) in [5, 5.41) is 0. The van der Waals surface area contributed by atoms with Gasteiger partial charge in [0.2, 0.25) is 0 Å². The van der Waals surface area contributed by atoms with Gasteiger partial charge in [0.05, 0.1) is 5.75 Å². The number of carbonyl (C=O) groups is 2. The van der Waals surface area contributed by atoms with Crippen LogP contribution in [0, 0.1) is 0 Å². The fraction of sp³-hybridized carbons (Fsp3) is 0.273. The van der Waals surface area contributed by atoms with Crippen molar-refractivity contribution < 1.29 is 9.59 Å². The predicted molar refractivity (Wildman–Crippen MR) is 59.2 cm³/mol. The molecule has 0 spiro atoms. The molecule has 0 bridgehead atoms. The predicted octanol–water partition coefficient (Wildman–Crippen LogP) is 2.39. The largest absolute Gasteiger partial charge is 0.294 e. The van der Waals surface area contributed by atoms with Crippen LogP contribution in [0.3, 0.4) is 0 Å². The van der Waals surface area contributed by atoms with Crippen LogP contribution in [0.5, 0.6) is 0 Å². The van der Waals surface area contributed by atoms with Crippen LogP contribution >= 0.6 is 12.6 Å². The van der Waals surface area contributed by atoms with E-state index in [0.717, 1.165) is 0 Å². The van der Waals surface area contributed by atoms with E-state index in [4.69, 9.17) is 0 Å². The van der Waals surface area contributed by atoms with Gasteiger partial charge in [0.15, 0.2) is 11.6 Å². The molecule has 0 aliphatic carbocycles. The Bertz CT molecular complexity index is 327. The summed E-state index contributed by atoms with van der Waals surface area (Å²) < 4.78 is 0. The first-order valence-electron chi connectivity index (χ1n) is 4.46. The van der Waals surface area contributed by atoms with E-state index in [1.165, 1.54) is 0 Å². The van der Waals surface area contributed by atoms with Crippen LogP contribution in [-0.4, -0.2) is 17.3 Å². The molecule has 0 aliphatic rings. The minimum Gasteiger partial charge on any atom is -0.294 e. The maximum Gasteiger partial charge on any atom is 0.172 e. The lowest BCUT2D eigenvalue weighted by molar-refractivity contribution is 0.0988. The summed E-state index contributed by atoms with van der Waals surface area (Å²) >= 11 is 3.90. The summed E-state index contributed by atoms with van der Waals surface area (Å²) in [6, 6.07) is 6.77. The molecule has 1 aromatic rings. The second-order valence-corrected chi connectivity index (χ2v) is 3.26. The van der Waals surface area contributed by atoms with E-state index >= 15 is 0 Å². The standard InChI is InChI=1S/C11H12O2S/c1-2-10(12)8-4-3-5-9(6-8)11(13)7-14/h3-6,14H,2,7H2,1H3. The lowest BCUT2D eigenvalue weighted by Gasteiger charge is -2.00. The van der Waals surface area contributed by atoms with Gasteiger partial charge in [-0.2, -0.15) is 12.6 Å². The fourth-order valence-electron chi connectivity index (χ4n) is 1.16. The normalized spacial score (nSPS) is 9.86. The number of Topliss-reactive ketones (excluding diaryl/α,β-unsaturated/α-hetero) is 2. The number of benzene rings is 1. The first kappa shape index (κ1) is 11.0. The molecule has 0 heterocycles. The van der Waals surface area contributed by atoms with E-state index < -0.39 is 0 Å². The topological polar surface area (TPSA) is 34.1 Å². The van der Waals surface area contributed by atoms with Gasteiger partial charge in [-0.25, -0.2) is 0 Å². The Morgan fingerprint density at radius 1 is 1.21 bits per heavy atom. The molecule has 1 rings (SSSR count). The van der Waals surface area contributed by atoms with Crippen LogP contribution in [0.1, 0.15) is 34.1 Å². The number of carbonyl (C=O) groups excluding carboxylic acids is 2. The average Bonchev–Trinajstić information content (AvgIpc) is 2.27. The van der Waals surface area contributed by atoms with Crippen LogP contribution in [-0.2, 0) is 0 Å². The van der Waals surface area contributed by atoms with Crippen LogP contribution < -0.4 is 0 Å². The van der Waals surface area contributed by atoms with Crippen LogP contribution in [0.4, 0.5) is 0 Å². The lowest BCUT2D eigenvalue weighted by atomic mass is 10.0. The van der Waals surface area contributed by atoms with Crippen molar-refractivity contribution in [1.29, 1.82) is 0 Å². The minimum absolute atomic E-state index is 0.0545. The highest BCUT2D eigenvalue weighted by Crippen LogP contribution is 2.08. The van der Waals surface area contributed by atoms with Crippen molar-refractivity contribution in [2.24, 2.45) is 0 Å². The van der Waals surface area contributed by atoms with E-state index in [0.29, 0.717) is 17.5 Å². The SMILES string of the molecule is CCC(=O)c1cccc(C(=O)CS)c1. The molecule has 0 saturated heterocycles. The lowest BCUT2D eigenvalue weighted by Crippen LogP contribution is -2.03. The Kier molecular flexibility index (Phi) is 3.89. The van der Waals surface area contributed by atoms with Crippen molar-refractivity contribution >= 4 is 24.2 Å². The molecule has 3 heteroatoms. The summed E-state index contributed by atoms with van der Waals surface area (Å²) in [5.41, 5.74) is 1.15. The Labute approximate surface area is 88.7 Å². The molecular formula is C11H12O2S. The summed E-state index contributed by atoms with van der Waals surface area (Å²) in [4.78, 5) is 22.6. The smallest absolute Gasteiger partial charge is 0.172 e. The van der Waals surface area contributed by atoms with Gasteiger partial charge in [-0.1, -0.05) is 25.1 Å². The van der Waals surface area contributed by atoms with Gasteiger partial charge in [0, 0.05) is 17.5 Å². The molecule has 2 nitrogen and oxygen atoms in total. The Balaban J connectivity index is 3.01. The first-order valence-corrected chi connectivity index (χ1v) is 5.09. The maximum absolute atomic E-state index is 11.3. The highest BCUT2D eigenvalue weighted by Gasteiger charge is 2.07. The van der Waals surface area contributed by atoms with Crippen molar-refractivity contribution in [2.45, 2.75) is 13.3 Å². The Morgan fingerprint density at radius 3 is 2.29 bits per heavy atom. The third-order valence-electron chi connectivity index (χ3n) is 1.97. The second-order valence-electron chi connectivity index (χ2n) is 2.94. The molecule has 0 aromatic heterocycles. The molecule has 0 amide bonds. The highest BCUT2D eigenvalue weighted by atomic mass is 32.1. The average molecular weight is 208 g/mol. The van der Waals surface area contributed by atoms with Crippen molar-refractivity contribution in [3.8, 4) is 0 Å². The number of thiol groups is 1. The summed E-state index contributed by atoms with van der Waals surface area (Å²) in [5.74, 6) is 0.168.